The number of hydrogen-bond donors (Lipinski definition) is 2. The van der Waals surface area contributed by atoms with Crippen molar-refractivity contribution in [3.05, 3.63) is 114 Å². The zero-order valence-corrected chi connectivity index (χ0v) is 15.2. The predicted octanol–water partition coefficient (Wildman–Crippen LogP) is 1.59. The third kappa shape index (κ3) is 2.78. The van der Waals surface area contributed by atoms with Crippen molar-refractivity contribution < 1.29 is 14.3 Å². The molecule has 0 amide bonds. The van der Waals surface area contributed by atoms with Crippen molar-refractivity contribution in [2.75, 3.05) is 0 Å². The van der Waals surface area contributed by atoms with E-state index in [2.05, 4.69) is 34.2 Å². The van der Waals surface area contributed by atoms with E-state index in [1.807, 2.05) is 79.2 Å². The highest BCUT2D eigenvalue weighted by Crippen LogP contribution is 2.30. The van der Waals surface area contributed by atoms with Gasteiger partial charge in [-0.1, -0.05) is 60.7 Å². The van der Waals surface area contributed by atoms with Crippen molar-refractivity contribution >= 4 is 29.5 Å². The Bertz CT molecular complexity index is 1040. The molecule has 2 aromatic carbocycles. The molecule has 0 unspecified atom stereocenters. The van der Waals surface area contributed by atoms with Gasteiger partial charge in [-0.15, -0.1) is 10.9 Å². The van der Waals surface area contributed by atoms with Gasteiger partial charge in [-0.2, -0.15) is 0 Å². The summed E-state index contributed by atoms with van der Waals surface area (Å²) in [4.78, 5) is 6.50. The van der Waals surface area contributed by atoms with E-state index in [0.29, 0.717) is 0 Å². The maximum absolute atomic E-state index is 6.65. The Labute approximate surface area is 163 Å². The van der Waals surface area contributed by atoms with Crippen LogP contribution in [0.15, 0.2) is 109 Å². The molecule has 3 aromatic rings. The zero-order valence-electron chi connectivity index (χ0n) is 15.2. The van der Waals surface area contributed by atoms with E-state index in [9.17, 15) is 0 Å². The minimum Gasteiger partial charge on any atom is -0.674 e. The summed E-state index contributed by atoms with van der Waals surface area (Å²) in [5.74, 6) is 1.49. The Balaban J connectivity index is 1.75. The lowest BCUT2D eigenvalue weighted by molar-refractivity contribution is -0.383. The molecule has 28 heavy (non-hydrogen) atoms. The fourth-order valence-electron chi connectivity index (χ4n) is 3.70. The number of hydrogen-bond acceptors (Lipinski definition) is 2. The average Bonchev–Trinajstić information content (AvgIpc) is 3.49. The summed E-state index contributed by atoms with van der Waals surface area (Å²) >= 11 is 0. The average molecular weight is 366 g/mol. The number of nitrogens with one attached hydrogen (secondary N) is 2. The summed E-state index contributed by atoms with van der Waals surface area (Å²) in [5, 5.41) is 0. The van der Waals surface area contributed by atoms with Gasteiger partial charge in [0.05, 0.1) is 11.5 Å². The van der Waals surface area contributed by atoms with E-state index in [4.69, 9.17) is 9.31 Å². The van der Waals surface area contributed by atoms with Crippen LogP contribution in [0.4, 0.5) is 0 Å². The monoisotopic (exact) mass is 366 g/mol. The van der Waals surface area contributed by atoms with Crippen LogP contribution in [0.2, 0.25) is 0 Å². The van der Waals surface area contributed by atoms with Gasteiger partial charge < -0.3 is 14.3 Å². The van der Waals surface area contributed by atoms with Crippen molar-refractivity contribution in [1.29, 1.82) is 0 Å². The molecule has 2 aliphatic rings. The zero-order chi connectivity index (χ0) is 18.8. The summed E-state index contributed by atoms with van der Waals surface area (Å²) in [6.45, 7) is -1.96. The minimum absolute atomic E-state index is 0.744. The minimum atomic E-state index is -1.96. The quantitative estimate of drug-likeness (QED) is 0.692. The van der Waals surface area contributed by atoms with Crippen LogP contribution in [-0.2, 0) is 9.31 Å². The van der Waals surface area contributed by atoms with Crippen LogP contribution in [-0.4, -0.2) is 17.8 Å². The topological polar surface area (TPSA) is 48.2 Å². The van der Waals surface area contributed by atoms with Crippen LogP contribution in [0.3, 0.4) is 0 Å². The standard InChI is InChI=1S/C23H18BN2O2/c1-3-9-18(10-4-1)24(19-11-5-2-6-12-19)27-22(20-13-7-15-25-20)17-23(28-24)21-14-8-16-26-21/h1-17,25H/q-1/p+1/b23-21-. The highest BCUT2D eigenvalue weighted by molar-refractivity contribution is 6.93. The smallest absolute Gasteiger partial charge is 0.406 e. The Morgan fingerprint density at radius 2 is 1.50 bits per heavy atom. The van der Waals surface area contributed by atoms with Crippen molar-refractivity contribution in [1.82, 2.24) is 4.98 Å². The summed E-state index contributed by atoms with van der Waals surface area (Å²) in [5.41, 5.74) is 3.78. The van der Waals surface area contributed by atoms with Crippen LogP contribution in [0.1, 0.15) is 5.69 Å². The third-order valence-corrected chi connectivity index (χ3v) is 5.05. The number of aromatic amines is 1. The molecule has 0 aliphatic carbocycles. The van der Waals surface area contributed by atoms with E-state index < -0.39 is 6.55 Å². The molecule has 0 spiro atoms. The largest absolute Gasteiger partial charge is 0.674 e. The number of benzene rings is 2. The van der Waals surface area contributed by atoms with Gasteiger partial charge in [0.15, 0.2) is 6.21 Å². The van der Waals surface area contributed by atoms with E-state index in [1.165, 1.54) is 0 Å². The van der Waals surface area contributed by atoms with Gasteiger partial charge in [-0.3, -0.25) is 0 Å². The first-order valence-corrected chi connectivity index (χ1v) is 9.34. The molecule has 0 saturated carbocycles. The summed E-state index contributed by atoms with van der Waals surface area (Å²) in [6, 6.07) is 24.2. The first-order chi connectivity index (χ1) is 13.9. The summed E-state index contributed by atoms with van der Waals surface area (Å²) in [7, 11) is 0. The third-order valence-electron chi connectivity index (χ3n) is 5.05. The van der Waals surface area contributed by atoms with Gasteiger partial charge in [-0.05, 0) is 12.1 Å². The molecule has 2 N–H and O–H groups in total. The van der Waals surface area contributed by atoms with Gasteiger partial charge in [0, 0.05) is 24.4 Å². The number of allylic oxidation sites excluding steroid dienone is 3. The van der Waals surface area contributed by atoms with Crippen molar-refractivity contribution in [3.63, 3.8) is 0 Å². The Kier molecular flexibility index (Phi) is 3.98. The molecule has 0 bridgehead atoms. The van der Waals surface area contributed by atoms with Gasteiger partial charge in [0.1, 0.15) is 5.76 Å². The van der Waals surface area contributed by atoms with Crippen LogP contribution < -0.4 is 15.9 Å². The number of H-pyrrole nitrogens is 1. The number of rotatable bonds is 3. The normalized spacial score (nSPS) is 19.8. The first-order valence-electron chi connectivity index (χ1n) is 9.34. The van der Waals surface area contributed by atoms with Gasteiger partial charge >= 0.3 is 6.55 Å². The fraction of sp³-hybridized carbons (Fsp3) is 0. The lowest BCUT2D eigenvalue weighted by atomic mass is 9.45. The predicted molar refractivity (Wildman–Crippen MR) is 112 cm³/mol. The fourth-order valence-corrected chi connectivity index (χ4v) is 3.70. The van der Waals surface area contributed by atoms with E-state index in [1.54, 1.807) is 0 Å². The maximum atomic E-state index is 6.65. The van der Waals surface area contributed by atoms with E-state index in [-0.39, 0.29) is 0 Å². The second-order valence-electron chi connectivity index (χ2n) is 6.81. The molecule has 0 radical (unpaired) electrons. The Hall–Kier alpha value is -3.73. The Morgan fingerprint density at radius 3 is 2.07 bits per heavy atom. The van der Waals surface area contributed by atoms with Crippen molar-refractivity contribution in [2.24, 2.45) is 0 Å². The number of aromatic nitrogens is 1. The van der Waals surface area contributed by atoms with Gasteiger partial charge in [0.25, 0.3) is 0 Å². The molecule has 136 valence electrons. The summed E-state index contributed by atoms with van der Waals surface area (Å²) < 4.78 is 13.3. The molecule has 5 heteroatoms. The molecule has 0 fully saturated rings. The van der Waals surface area contributed by atoms with Gasteiger partial charge in [0.2, 0.25) is 5.70 Å². The molecule has 3 heterocycles. The van der Waals surface area contributed by atoms with E-state index in [0.717, 1.165) is 33.8 Å². The lowest BCUT2D eigenvalue weighted by Crippen LogP contribution is -2.67. The Morgan fingerprint density at radius 1 is 0.786 bits per heavy atom. The molecule has 0 atom stereocenters. The van der Waals surface area contributed by atoms with Crippen LogP contribution in [0.25, 0.3) is 5.76 Å². The highest BCUT2D eigenvalue weighted by atomic mass is 16.6. The molecule has 1 aromatic heterocycles. The second-order valence-corrected chi connectivity index (χ2v) is 6.81. The summed E-state index contributed by atoms with van der Waals surface area (Å²) in [6.07, 6.45) is 9.68. The molecular formula is C23H19BN2O2. The highest BCUT2D eigenvalue weighted by Gasteiger charge is 2.40. The van der Waals surface area contributed by atoms with Crippen LogP contribution >= 0.6 is 0 Å². The molecule has 0 saturated heterocycles. The second kappa shape index (κ2) is 6.78. The SMILES string of the molecule is C1=C/C(=C2\C=C(c3ccc[nH]3)O[B-](c3ccccc3)(c3ccccc3)O2)[NH+]=C1. The maximum Gasteiger partial charge on any atom is 0.406 e. The molecule has 2 aliphatic heterocycles. The molecule has 4 nitrogen and oxygen atoms in total. The van der Waals surface area contributed by atoms with Crippen LogP contribution in [0.5, 0.6) is 0 Å². The van der Waals surface area contributed by atoms with Crippen molar-refractivity contribution in [2.45, 2.75) is 0 Å². The van der Waals surface area contributed by atoms with Crippen LogP contribution in [0, 0.1) is 0 Å². The first kappa shape index (κ1) is 16.4. The lowest BCUT2D eigenvalue weighted by Gasteiger charge is -2.47. The molecular weight excluding hydrogens is 347 g/mol. The van der Waals surface area contributed by atoms with E-state index >= 15 is 0 Å². The van der Waals surface area contributed by atoms with Crippen molar-refractivity contribution in [3.8, 4) is 0 Å². The van der Waals surface area contributed by atoms with Gasteiger partial charge in [-0.25, -0.2) is 4.99 Å². The molecule has 5 rings (SSSR count).